The second kappa shape index (κ2) is 6.26. The molecule has 0 fully saturated rings. The summed E-state index contributed by atoms with van der Waals surface area (Å²) < 4.78 is 45.6. The van der Waals surface area contributed by atoms with Gasteiger partial charge in [0, 0.05) is 6.42 Å². The van der Waals surface area contributed by atoms with Gasteiger partial charge in [0.25, 0.3) is 0 Å². The Hall–Kier alpha value is -2.78. The Labute approximate surface area is 143 Å². The number of hydrogen-bond donors (Lipinski definition) is 2. The van der Waals surface area contributed by atoms with Gasteiger partial charge in [-0.05, 0) is 29.3 Å². The van der Waals surface area contributed by atoms with E-state index in [0.29, 0.717) is 11.1 Å². The van der Waals surface area contributed by atoms with Gasteiger partial charge in [0.05, 0.1) is 7.11 Å². The van der Waals surface area contributed by atoms with Crippen LogP contribution in [0.4, 0.5) is 0 Å². The summed E-state index contributed by atoms with van der Waals surface area (Å²) in [4.78, 5) is 12.2. The summed E-state index contributed by atoms with van der Waals surface area (Å²) >= 11 is 0. The van der Waals surface area contributed by atoms with Crippen molar-refractivity contribution >= 4 is 16.4 Å². The van der Waals surface area contributed by atoms with E-state index in [4.69, 9.17) is 14.0 Å². The largest absolute Gasteiger partial charge is 0.507 e. The van der Waals surface area contributed by atoms with Crippen molar-refractivity contribution in [3.63, 3.8) is 0 Å². The van der Waals surface area contributed by atoms with Gasteiger partial charge in [-0.1, -0.05) is 18.2 Å². The van der Waals surface area contributed by atoms with Crippen LogP contribution in [0.25, 0.3) is 0 Å². The van der Waals surface area contributed by atoms with Crippen LogP contribution in [-0.4, -0.2) is 31.2 Å². The molecule has 2 aromatic rings. The highest BCUT2D eigenvalue weighted by molar-refractivity contribution is 7.81. The van der Waals surface area contributed by atoms with Crippen LogP contribution < -0.4 is 8.92 Å². The first-order valence-corrected chi connectivity index (χ1v) is 8.51. The van der Waals surface area contributed by atoms with Crippen LogP contribution >= 0.6 is 0 Å². The van der Waals surface area contributed by atoms with Crippen molar-refractivity contribution in [1.29, 1.82) is 0 Å². The van der Waals surface area contributed by atoms with Gasteiger partial charge in [0.1, 0.15) is 17.4 Å². The number of phenols is 1. The molecule has 0 saturated heterocycles. The van der Waals surface area contributed by atoms with Crippen LogP contribution in [0.1, 0.15) is 27.6 Å². The third-order valence-electron chi connectivity index (χ3n) is 3.74. The van der Waals surface area contributed by atoms with Gasteiger partial charge in [-0.3, -0.25) is 4.55 Å². The zero-order valence-electron chi connectivity index (χ0n) is 13.0. The van der Waals surface area contributed by atoms with E-state index < -0.39 is 22.5 Å². The molecule has 1 unspecified atom stereocenters. The van der Waals surface area contributed by atoms with Crippen LogP contribution in [0.15, 0.2) is 36.4 Å². The molecular weight excluding hydrogens is 352 g/mol. The topological polar surface area (TPSA) is 119 Å². The minimum atomic E-state index is -4.74. The normalized spacial score (nSPS) is 16.7. The molecular formula is C16H14O8S. The van der Waals surface area contributed by atoms with Crippen molar-refractivity contribution in [2.24, 2.45) is 0 Å². The smallest absolute Gasteiger partial charge is 0.446 e. The standard InChI is InChI=1S/C16H14O8S/c1-22-12-6-5-9(7-14(12)24-25(19,20)21)13-8-10-3-2-4-11(17)15(10)16(18)23-13/h2-7,13,17H,8H2,1H3,(H,19,20,21). The van der Waals surface area contributed by atoms with E-state index in [-0.39, 0.29) is 29.2 Å². The predicted molar refractivity (Wildman–Crippen MR) is 85.1 cm³/mol. The van der Waals surface area contributed by atoms with Gasteiger partial charge in [-0.15, -0.1) is 0 Å². The molecule has 0 amide bonds. The van der Waals surface area contributed by atoms with Gasteiger partial charge in [-0.25, -0.2) is 4.79 Å². The molecule has 0 saturated carbocycles. The van der Waals surface area contributed by atoms with Crippen LogP contribution in [0.3, 0.4) is 0 Å². The Morgan fingerprint density at radius 1 is 1.20 bits per heavy atom. The zero-order chi connectivity index (χ0) is 18.2. The van der Waals surface area contributed by atoms with E-state index in [1.165, 1.54) is 25.3 Å². The maximum Gasteiger partial charge on any atom is 0.446 e. The molecule has 3 rings (SSSR count). The minimum Gasteiger partial charge on any atom is -0.507 e. The summed E-state index contributed by atoms with van der Waals surface area (Å²) in [5.74, 6) is -0.995. The fraction of sp³-hybridized carbons (Fsp3) is 0.188. The number of cyclic esters (lactones) is 1. The Kier molecular flexibility index (Phi) is 4.27. The first-order valence-electron chi connectivity index (χ1n) is 7.15. The lowest BCUT2D eigenvalue weighted by molar-refractivity contribution is 0.0248. The number of fused-ring (bicyclic) bond motifs is 1. The zero-order valence-corrected chi connectivity index (χ0v) is 13.8. The Balaban J connectivity index is 1.98. The maximum atomic E-state index is 12.2. The molecule has 0 bridgehead atoms. The molecule has 1 aliphatic rings. The maximum absolute atomic E-state index is 12.2. The quantitative estimate of drug-likeness (QED) is 0.623. The van der Waals surface area contributed by atoms with Crippen molar-refractivity contribution in [3.05, 3.63) is 53.1 Å². The van der Waals surface area contributed by atoms with Gasteiger partial charge in [-0.2, -0.15) is 8.42 Å². The van der Waals surface area contributed by atoms with Crippen molar-refractivity contribution in [2.75, 3.05) is 7.11 Å². The average molecular weight is 366 g/mol. The number of hydrogen-bond acceptors (Lipinski definition) is 7. The third-order valence-corrected chi connectivity index (χ3v) is 4.13. The van der Waals surface area contributed by atoms with E-state index in [1.807, 2.05) is 0 Å². The highest BCUT2D eigenvalue weighted by atomic mass is 32.3. The molecule has 0 aliphatic carbocycles. The first kappa shape index (κ1) is 17.1. The second-order valence-corrected chi connectivity index (χ2v) is 6.35. The van der Waals surface area contributed by atoms with Crippen LogP contribution in [-0.2, 0) is 21.6 Å². The third kappa shape index (κ3) is 3.52. The number of phenolic OH excluding ortho intramolecular Hbond substituents is 1. The van der Waals surface area contributed by atoms with Crippen LogP contribution in [0.2, 0.25) is 0 Å². The van der Waals surface area contributed by atoms with Crippen molar-refractivity contribution in [2.45, 2.75) is 12.5 Å². The fourth-order valence-electron chi connectivity index (χ4n) is 2.68. The lowest BCUT2D eigenvalue weighted by Gasteiger charge is -2.25. The Morgan fingerprint density at radius 2 is 1.96 bits per heavy atom. The van der Waals surface area contributed by atoms with Gasteiger partial charge < -0.3 is 18.8 Å². The molecule has 1 heterocycles. The van der Waals surface area contributed by atoms with E-state index in [1.54, 1.807) is 18.2 Å². The molecule has 2 aromatic carbocycles. The fourth-order valence-corrected chi connectivity index (χ4v) is 3.04. The summed E-state index contributed by atoms with van der Waals surface area (Å²) in [7, 11) is -3.43. The van der Waals surface area contributed by atoms with E-state index in [0.717, 1.165) is 0 Å². The van der Waals surface area contributed by atoms with E-state index in [2.05, 4.69) is 4.18 Å². The Bertz CT molecular complexity index is 935. The highest BCUT2D eigenvalue weighted by Gasteiger charge is 2.30. The average Bonchev–Trinajstić information content (AvgIpc) is 2.53. The Morgan fingerprint density at radius 3 is 2.64 bits per heavy atom. The first-order chi connectivity index (χ1) is 11.8. The molecule has 0 radical (unpaired) electrons. The molecule has 1 atom stereocenters. The number of benzene rings is 2. The summed E-state index contributed by atoms with van der Waals surface area (Å²) in [6.45, 7) is 0. The summed E-state index contributed by atoms with van der Waals surface area (Å²) in [6, 6.07) is 9.03. The van der Waals surface area contributed by atoms with Crippen molar-refractivity contribution < 1.29 is 36.5 Å². The molecule has 25 heavy (non-hydrogen) atoms. The van der Waals surface area contributed by atoms with E-state index >= 15 is 0 Å². The predicted octanol–water partition coefficient (Wildman–Crippen LogP) is 2.04. The number of ether oxygens (including phenoxy) is 2. The number of carbonyl (C=O) groups is 1. The molecule has 8 nitrogen and oxygen atoms in total. The molecule has 0 aromatic heterocycles. The lowest BCUT2D eigenvalue weighted by Crippen LogP contribution is -2.22. The summed E-state index contributed by atoms with van der Waals surface area (Å²) in [6.07, 6.45) is -0.427. The second-order valence-electron chi connectivity index (χ2n) is 5.33. The molecule has 9 heteroatoms. The summed E-state index contributed by atoms with van der Waals surface area (Å²) in [5, 5.41) is 9.79. The highest BCUT2D eigenvalue weighted by Crippen LogP contribution is 2.37. The molecule has 2 N–H and O–H groups in total. The lowest BCUT2D eigenvalue weighted by atomic mass is 9.94. The molecule has 132 valence electrons. The number of esters is 1. The van der Waals surface area contributed by atoms with Gasteiger partial charge >= 0.3 is 16.4 Å². The minimum absolute atomic E-state index is 0.0848. The SMILES string of the molecule is COc1ccc(C2Cc3cccc(O)c3C(=O)O2)cc1OS(=O)(=O)O. The van der Waals surface area contributed by atoms with Crippen molar-refractivity contribution in [3.8, 4) is 17.2 Å². The number of rotatable bonds is 4. The molecule has 1 aliphatic heterocycles. The van der Waals surface area contributed by atoms with E-state index in [9.17, 15) is 18.3 Å². The number of methoxy groups -OCH3 is 1. The summed E-state index contributed by atoms with van der Waals surface area (Å²) in [5.41, 5.74) is 1.16. The number of carbonyl (C=O) groups excluding carboxylic acids is 1. The van der Waals surface area contributed by atoms with Gasteiger partial charge in [0.15, 0.2) is 11.5 Å². The van der Waals surface area contributed by atoms with Crippen molar-refractivity contribution in [1.82, 2.24) is 0 Å². The molecule has 0 spiro atoms. The number of aromatic hydroxyl groups is 1. The van der Waals surface area contributed by atoms with Gasteiger partial charge in [0.2, 0.25) is 0 Å². The van der Waals surface area contributed by atoms with Crippen LogP contribution in [0, 0.1) is 0 Å². The monoisotopic (exact) mass is 366 g/mol. The van der Waals surface area contributed by atoms with Crippen LogP contribution in [0.5, 0.6) is 17.2 Å².